The van der Waals surface area contributed by atoms with Gasteiger partial charge in [0.25, 0.3) is 11.7 Å². The molecular weight excluding hydrogens is 318 g/mol. The monoisotopic (exact) mass is 337 g/mol. The minimum atomic E-state index is -0.365. The molecule has 124 valence electrons. The smallest absolute Gasteiger partial charge is 0.292 e. The van der Waals surface area contributed by atoms with Gasteiger partial charge in [-0.15, -0.1) is 10.2 Å². The van der Waals surface area contributed by atoms with Crippen LogP contribution in [0.2, 0.25) is 0 Å². The first kappa shape index (κ1) is 15.9. The molecule has 1 aliphatic rings. The molecule has 1 aliphatic heterocycles. The number of aromatic nitrogens is 5. The number of piperidine rings is 1. The van der Waals surface area contributed by atoms with Gasteiger partial charge in [-0.2, -0.15) is 4.98 Å². The quantitative estimate of drug-likeness (QED) is 0.750. The fraction of sp³-hybridized carbons (Fsp3) is 0.615. The highest BCUT2D eigenvalue weighted by molar-refractivity contribution is 7.98. The van der Waals surface area contributed by atoms with Crippen molar-refractivity contribution in [3.63, 3.8) is 0 Å². The van der Waals surface area contributed by atoms with Crippen molar-refractivity contribution >= 4 is 17.7 Å². The Morgan fingerprint density at radius 2 is 2.39 bits per heavy atom. The van der Waals surface area contributed by atoms with Crippen LogP contribution in [0.5, 0.6) is 0 Å². The normalized spacial score (nSPS) is 18.1. The summed E-state index contributed by atoms with van der Waals surface area (Å²) in [5.74, 6) is 1.90. The van der Waals surface area contributed by atoms with Gasteiger partial charge in [0.15, 0.2) is 5.16 Å². The third-order valence-electron chi connectivity index (χ3n) is 3.75. The molecule has 1 fully saturated rings. The Bertz CT molecular complexity index is 678. The molecule has 0 aliphatic carbocycles. The molecule has 1 saturated heterocycles. The van der Waals surface area contributed by atoms with Gasteiger partial charge in [-0.05, 0) is 19.4 Å². The molecule has 2 N–H and O–H groups in total. The maximum Gasteiger partial charge on any atom is 0.292 e. The van der Waals surface area contributed by atoms with Crippen LogP contribution in [0.1, 0.15) is 41.1 Å². The Kier molecular flexibility index (Phi) is 4.91. The molecule has 0 radical (unpaired) electrons. The van der Waals surface area contributed by atoms with E-state index >= 15 is 0 Å². The number of hydrogen-bond acceptors (Lipinski definition) is 8. The van der Waals surface area contributed by atoms with Crippen LogP contribution in [0.3, 0.4) is 0 Å². The summed E-state index contributed by atoms with van der Waals surface area (Å²) in [5.41, 5.74) is 0. The molecule has 2 aromatic heterocycles. The van der Waals surface area contributed by atoms with Crippen LogP contribution in [-0.4, -0.2) is 50.9 Å². The van der Waals surface area contributed by atoms with E-state index in [-0.39, 0.29) is 11.7 Å². The van der Waals surface area contributed by atoms with Crippen molar-refractivity contribution in [2.24, 2.45) is 7.05 Å². The molecule has 3 heterocycles. The SMILES string of the molecule is CNC(=O)c1noc(CSc2nnc(C3CCCNC3)n2C)n1. The minimum Gasteiger partial charge on any atom is -0.352 e. The predicted molar refractivity (Wildman–Crippen MR) is 83.1 cm³/mol. The van der Waals surface area contributed by atoms with Crippen molar-refractivity contribution in [3.8, 4) is 0 Å². The Morgan fingerprint density at radius 3 is 3.13 bits per heavy atom. The van der Waals surface area contributed by atoms with Gasteiger partial charge >= 0.3 is 0 Å². The van der Waals surface area contributed by atoms with Crippen LogP contribution in [0.15, 0.2) is 9.68 Å². The fourth-order valence-corrected chi connectivity index (χ4v) is 3.28. The number of thioether (sulfide) groups is 1. The average molecular weight is 337 g/mol. The molecule has 1 atom stereocenters. The van der Waals surface area contributed by atoms with Gasteiger partial charge < -0.3 is 19.7 Å². The molecule has 2 aromatic rings. The molecule has 9 nitrogen and oxygen atoms in total. The highest BCUT2D eigenvalue weighted by Gasteiger charge is 2.22. The average Bonchev–Trinajstić information content (AvgIpc) is 3.20. The summed E-state index contributed by atoms with van der Waals surface area (Å²) in [6.45, 7) is 2.01. The number of nitrogens with one attached hydrogen (secondary N) is 2. The van der Waals surface area contributed by atoms with E-state index in [0.29, 0.717) is 17.6 Å². The zero-order chi connectivity index (χ0) is 16.2. The van der Waals surface area contributed by atoms with Gasteiger partial charge in [0.1, 0.15) is 5.82 Å². The Labute approximate surface area is 137 Å². The Morgan fingerprint density at radius 1 is 1.52 bits per heavy atom. The molecule has 0 spiro atoms. The highest BCUT2D eigenvalue weighted by Crippen LogP contribution is 2.26. The molecule has 10 heteroatoms. The van der Waals surface area contributed by atoms with Gasteiger partial charge in [0, 0.05) is 26.6 Å². The predicted octanol–water partition coefficient (Wildman–Crippen LogP) is 0.317. The van der Waals surface area contributed by atoms with Crippen LogP contribution < -0.4 is 10.6 Å². The van der Waals surface area contributed by atoms with Gasteiger partial charge in [-0.1, -0.05) is 16.9 Å². The molecule has 3 rings (SSSR count). The van der Waals surface area contributed by atoms with Gasteiger partial charge in [-0.3, -0.25) is 4.79 Å². The zero-order valence-electron chi connectivity index (χ0n) is 13.1. The van der Waals surface area contributed by atoms with Crippen molar-refractivity contribution in [2.45, 2.75) is 29.7 Å². The summed E-state index contributed by atoms with van der Waals surface area (Å²) in [6.07, 6.45) is 2.28. The van der Waals surface area contributed by atoms with E-state index in [0.717, 1.165) is 36.9 Å². The van der Waals surface area contributed by atoms with Crippen LogP contribution in [-0.2, 0) is 12.8 Å². The van der Waals surface area contributed by atoms with Gasteiger partial charge in [-0.25, -0.2) is 0 Å². The summed E-state index contributed by atoms with van der Waals surface area (Å²) in [6, 6.07) is 0. The van der Waals surface area contributed by atoms with Crippen LogP contribution in [0.4, 0.5) is 0 Å². The summed E-state index contributed by atoms with van der Waals surface area (Å²) in [5, 5.41) is 18.8. The number of rotatable bonds is 5. The van der Waals surface area contributed by atoms with Crippen LogP contribution in [0.25, 0.3) is 0 Å². The lowest BCUT2D eigenvalue weighted by Crippen LogP contribution is -2.29. The molecule has 0 bridgehead atoms. The number of nitrogens with zero attached hydrogens (tertiary/aromatic N) is 5. The van der Waals surface area contributed by atoms with Crippen molar-refractivity contribution < 1.29 is 9.32 Å². The molecule has 1 amide bonds. The van der Waals surface area contributed by atoms with Crippen molar-refractivity contribution in [2.75, 3.05) is 20.1 Å². The second-order valence-electron chi connectivity index (χ2n) is 5.32. The number of carbonyl (C=O) groups is 1. The van der Waals surface area contributed by atoms with Crippen molar-refractivity contribution in [1.29, 1.82) is 0 Å². The lowest BCUT2D eigenvalue weighted by atomic mass is 9.99. The first-order valence-electron chi connectivity index (χ1n) is 7.46. The third kappa shape index (κ3) is 3.53. The summed E-state index contributed by atoms with van der Waals surface area (Å²) < 4.78 is 7.07. The first-order chi connectivity index (χ1) is 11.2. The maximum atomic E-state index is 11.4. The number of amides is 1. The highest BCUT2D eigenvalue weighted by atomic mass is 32.2. The summed E-state index contributed by atoms with van der Waals surface area (Å²) in [4.78, 5) is 15.4. The van der Waals surface area contributed by atoms with E-state index in [9.17, 15) is 4.79 Å². The first-order valence-corrected chi connectivity index (χ1v) is 8.45. The largest absolute Gasteiger partial charge is 0.352 e. The summed E-state index contributed by atoms with van der Waals surface area (Å²) in [7, 11) is 3.49. The van der Waals surface area contributed by atoms with Crippen LogP contribution in [0, 0.1) is 0 Å². The fourth-order valence-electron chi connectivity index (χ4n) is 2.52. The third-order valence-corrected chi connectivity index (χ3v) is 4.76. The second-order valence-corrected chi connectivity index (χ2v) is 6.27. The van der Waals surface area contributed by atoms with Gasteiger partial charge in [0.05, 0.1) is 5.75 Å². The van der Waals surface area contributed by atoms with E-state index in [1.807, 2.05) is 11.6 Å². The van der Waals surface area contributed by atoms with E-state index in [4.69, 9.17) is 4.52 Å². The van der Waals surface area contributed by atoms with E-state index < -0.39 is 0 Å². The maximum absolute atomic E-state index is 11.4. The summed E-state index contributed by atoms with van der Waals surface area (Å²) >= 11 is 1.46. The topological polar surface area (TPSA) is 111 Å². The Balaban J connectivity index is 1.63. The zero-order valence-corrected chi connectivity index (χ0v) is 13.9. The van der Waals surface area contributed by atoms with E-state index in [2.05, 4.69) is 31.0 Å². The second kappa shape index (κ2) is 7.09. The lowest BCUT2D eigenvalue weighted by Gasteiger charge is -2.21. The van der Waals surface area contributed by atoms with Crippen molar-refractivity contribution in [1.82, 2.24) is 35.5 Å². The minimum absolute atomic E-state index is 0.0371. The van der Waals surface area contributed by atoms with Crippen molar-refractivity contribution in [3.05, 3.63) is 17.5 Å². The number of hydrogen-bond donors (Lipinski definition) is 2. The molecule has 0 saturated carbocycles. The van der Waals surface area contributed by atoms with Crippen LogP contribution >= 0.6 is 11.8 Å². The van der Waals surface area contributed by atoms with Gasteiger partial charge in [0.2, 0.25) is 5.89 Å². The molecule has 0 aromatic carbocycles. The molecule has 23 heavy (non-hydrogen) atoms. The molecular formula is C13H19N7O2S. The molecule has 1 unspecified atom stereocenters. The number of carbonyl (C=O) groups excluding carboxylic acids is 1. The van der Waals surface area contributed by atoms with E-state index in [1.54, 1.807) is 0 Å². The standard InChI is InChI=1S/C13H19N7O2S/c1-14-12(21)10-16-9(22-19-10)7-23-13-18-17-11(20(13)2)8-4-3-5-15-6-8/h8,15H,3-7H2,1-2H3,(H,14,21). The lowest BCUT2D eigenvalue weighted by molar-refractivity contribution is 0.0950. The Hall–Kier alpha value is -1.94. The van der Waals surface area contributed by atoms with E-state index in [1.165, 1.54) is 18.8 Å².